The van der Waals surface area contributed by atoms with Crippen LogP contribution in [0.4, 0.5) is 0 Å². The zero-order valence-corrected chi connectivity index (χ0v) is 14.2. The second-order valence-electron chi connectivity index (χ2n) is 6.86. The van der Waals surface area contributed by atoms with Crippen LogP contribution in [-0.4, -0.2) is 57.8 Å². The number of rotatable bonds is 3. The van der Waals surface area contributed by atoms with Crippen molar-refractivity contribution in [3.05, 3.63) is 36.2 Å². The molecule has 4 rings (SSSR count). The Morgan fingerprint density at radius 2 is 2.00 bits per heavy atom. The first-order chi connectivity index (χ1) is 12.2. The number of fused-ring (bicyclic) bond motifs is 1. The van der Waals surface area contributed by atoms with Crippen LogP contribution >= 0.6 is 0 Å². The topological polar surface area (TPSA) is 66.4 Å². The molecule has 0 atom stereocenters. The molecule has 0 bridgehead atoms. The summed E-state index contributed by atoms with van der Waals surface area (Å²) >= 11 is 0. The average Bonchev–Trinajstić information content (AvgIpc) is 3.06. The molecule has 2 aromatic heterocycles. The molecule has 2 aromatic rings. The molecule has 0 aromatic carbocycles. The normalized spacial score (nSPS) is 19.0. The van der Waals surface area contributed by atoms with Gasteiger partial charge in [-0.2, -0.15) is 0 Å². The van der Waals surface area contributed by atoms with Crippen LogP contribution in [0.1, 0.15) is 37.3 Å². The molecule has 0 radical (unpaired) electrons. The van der Waals surface area contributed by atoms with Gasteiger partial charge in [-0.3, -0.25) is 9.59 Å². The Balaban J connectivity index is 1.37. The molecular formula is C19H22N4O2. The smallest absolute Gasteiger partial charge is 0.242 e. The number of amides is 2. The molecule has 0 spiro atoms. The summed E-state index contributed by atoms with van der Waals surface area (Å²) in [6, 6.07) is 8.08. The summed E-state index contributed by atoms with van der Waals surface area (Å²) in [5.41, 5.74) is 1.85. The van der Waals surface area contributed by atoms with Crippen molar-refractivity contribution in [2.45, 2.75) is 31.6 Å². The van der Waals surface area contributed by atoms with Gasteiger partial charge < -0.3 is 9.80 Å². The van der Waals surface area contributed by atoms with Gasteiger partial charge in [0.2, 0.25) is 11.8 Å². The van der Waals surface area contributed by atoms with Gasteiger partial charge in [-0.1, -0.05) is 0 Å². The minimum absolute atomic E-state index is 0.0711. The van der Waals surface area contributed by atoms with Crippen LogP contribution in [0.2, 0.25) is 0 Å². The fourth-order valence-corrected chi connectivity index (χ4v) is 3.75. The predicted molar refractivity (Wildman–Crippen MR) is 93.9 cm³/mol. The van der Waals surface area contributed by atoms with E-state index in [0.717, 1.165) is 55.6 Å². The van der Waals surface area contributed by atoms with E-state index in [1.54, 1.807) is 11.1 Å². The number of carbonyl (C=O) groups is 2. The quantitative estimate of drug-likeness (QED) is 0.858. The second-order valence-corrected chi connectivity index (χ2v) is 6.86. The summed E-state index contributed by atoms with van der Waals surface area (Å²) < 4.78 is 0. The molecule has 2 saturated heterocycles. The molecule has 4 heterocycles. The van der Waals surface area contributed by atoms with E-state index < -0.39 is 0 Å². The zero-order valence-electron chi connectivity index (χ0n) is 14.2. The highest BCUT2D eigenvalue weighted by atomic mass is 16.2. The molecule has 2 aliphatic rings. The summed E-state index contributed by atoms with van der Waals surface area (Å²) in [7, 11) is 0. The number of nitrogens with zero attached hydrogens (tertiary/aromatic N) is 4. The van der Waals surface area contributed by atoms with Crippen molar-refractivity contribution in [1.29, 1.82) is 0 Å². The Labute approximate surface area is 146 Å². The molecule has 2 aliphatic heterocycles. The molecular weight excluding hydrogens is 316 g/mol. The summed E-state index contributed by atoms with van der Waals surface area (Å²) in [6.45, 7) is 2.41. The van der Waals surface area contributed by atoms with Crippen LogP contribution in [-0.2, 0) is 9.59 Å². The van der Waals surface area contributed by atoms with Crippen molar-refractivity contribution in [2.24, 2.45) is 0 Å². The summed E-state index contributed by atoms with van der Waals surface area (Å²) in [6.07, 6.45) is 5.03. The lowest BCUT2D eigenvalue weighted by Gasteiger charge is -2.32. The highest BCUT2D eigenvalue weighted by Gasteiger charge is 2.28. The number of piperidine rings is 1. The first-order valence-corrected chi connectivity index (χ1v) is 8.98. The van der Waals surface area contributed by atoms with Crippen LogP contribution in [0.3, 0.4) is 0 Å². The summed E-state index contributed by atoms with van der Waals surface area (Å²) in [5, 5.41) is 1.05. The van der Waals surface area contributed by atoms with Gasteiger partial charge in [0.05, 0.1) is 6.54 Å². The Hall–Kier alpha value is -2.50. The molecule has 2 fully saturated rings. The molecule has 130 valence electrons. The van der Waals surface area contributed by atoms with Crippen molar-refractivity contribution in [2.75, 3.05) is 26.2 Å². The molecule has 0 saturated carbocycles. The second kappa shape index (κ2) is 6.78. The predicted octanol–water partition coefficient (Wildman–Crippen LogP) is 1.96. The Kier molecular flexibility index (Phi) is 4.34. The minimum Gasteiger partial charge on any atom is -0.341 e. The SMILES string of the molecule is O=C(CN1CCCC1=O)N1CCC(c2ccc3cccnc3n2)CC1. The third kappa shape index (κ3) is 3.34. The Morgan fingerprint density at radius 3 is 2.76 bits per heavy atom. The zero-order chi connectivity index (χ0) is 17.2. The van der Waals surface area contributed by atoms with E-state index in [0.29, 0.717) is 12.3 Å². The average molecular weight is 338 g/mol. The van der Waals surface area contributed by atoms with Gasteiger partial charge in [-0.15, -0.1) is 0 Å². The number of likely N-dealkylation sites (tertiary alicyclic amines) is 2. The lowest BCUT2D eigenvalue weighted by molar-refractivity contribution is -0.139. The standard InChI is InChI=1S/C19H22N4O2/c24-17-4-2-10-23(17)13-18(25)22-11-7-14(8-12-22)16-6-5-15-3-1-9-20-19(15)21-16/h1,3,5-6,9,14H,2,4,7-8,10-13H2. The van der Waals surface area contributed by atoms with E-state index in [2.05, 4.69) is 17.1 Å². The van der Waals surface area contributed by atoms with Gasteiger partial charge in [0.25, 0.3) is 0 Å². The van der Waals surface area contributed by atoms with E-state index in [1.165, 1.54) is 0 Å². The van der Waals surface area contributed by atoms with Gasteiger partial charge in [0.15, 0.2) is 5.65 Å². The van der Waals surface area contributed by atoms with Gasteiger partial charge in [-0.25, -0.2) is 9.97 Å². The molecule has 0 aliphatic carbocycles. The fraction of sp³-hybridized carbons (Fsp3) is 0.474. The van der Waals surface area contributed by atoms with Crippen LogP contribution < -0.4 is 0 Å². The third-order valence-electron chi connectivity index (χ3n) is 5.25. The number of pyridine rings is 2. The Bertz CT molecular complexity index is 799. The van der Waals surface area contributed by atoms with Gasteiger partial charge in [0.1, 0.15) is 0 Å². The van der Waals surface area contributed by atoms with Crippen molar-refractivity contribution in [3.8, 4) is 0 Å². The first-order valence-electron chi connectivity index (χ1n) is 8.98. The molecule has 6 nitrogen and oxygen atoms in total. The number of hydrogen-bond acceptors (Lipinski definition) is 4. The first kappa shape index (κ1) is 16.0. The maximum Gasteiger partial charge on any atom is 0.242 e. The number of aromatic nitrogens is 2. The van der Waals surface area contributed by atoms with E-state index in [1.807, 2.05) is 17.0 Å². The van der Waals surface area contributed by atoms with Crippen molar-refractivity contribution >= 4 is 22.8 Å². The van der Waals surface area contributed by atoms with Gasteiger partial charge >= 0.3 is 0 Å². The van der Waals surface area contributed by atoms with Crippen LogP contribution in [0.25, 0.3) is 11.0 Å². The fourth-order valence-electron chi connectivity index (χ4n) is 3.75. The lowest BCUT2D eigenvalue weighted by atomic mass is 9.93. The lowest BCUT2D eigenvalue weighted by Crippen LogP contribution is -2.44. The molecule has 25 heavy (non-hydrogen) atoms. The highest BCUT2D eigenvalue weighted by Crippen LogP contribution is 2.28. The van der Waals surface area contributed by atoms with E-state index in [-0.39, 0.29) is 18.4 Å². The third-order valence-corrected chi connectivity index (χ3v) is 5.25. The number of carbonyl (C=O) groups excluding carboxylic acids is 2. The highest BCUT2D eigenvalue weighted by molar-refractivity contribution is 5.86. The molecule has 6 heteroatoms. The van der Waals surface area contributed by atoms with E-state index >= 15 is 0 Å². The van der Waals surface area contributed by atoms with Crippen LogP contribution in [0, 0.1) is 0 Å². The summed E-state index contributed by atoms with van der Waals surface area (Å²) in [5.74, 6) is 0.543. The van der Waals surface area contributed by atoms with Crippen molar-refractivity contribution < 1.29 is 9.59 Å². The summed E-state index contributed by atoms with van der Waals surface area (Å²) in [4.78, 5) is 36.7. The molecule has 2 amide bonds. The van der Waals surface area contributed by atoms with Crippen LogP contribution in [0.5, 0.6) is 0 Å². The Morgan fingerprint density at radius 1 is 1.16 bits per heavy atom. The monoisotopic (exact) mass is 338 g/mol. The van der Waals surface area contributed by atoms with E-state index in [9.17, 15) is 9.59 Å². The van der Waals surface area contributed by atoms with Gasteiger partial charge in [0, 0.05) is 49.2 Å². The van der Waals surface area contributed by atoms with Gasteiger partial charge in [-0.05, 0) is 43.5 Å². The maximum absolute atomic E-state index is 12.4. The maximum atomic E-state index is 12.4. The minimum atomic E-state index is 0.0711. The van der Waals surface area contributed by atoms with Crippen LogP contribution in [0.15, 0.2) is 30.5 Å². The molecule has 0 unspecified atom stereocenters. The van der Waals surface area contributed by atoms with Crippen molar-refractivity contribution in [3.63, 3.8) is 0 Å². The number of hydrogen-bond donors (Lipinski definition) is 0. The van der Waals surface area contributed by atoms with Crippen molar-refractivity contribution in [1.82, 2.24) is 19.8 Å². The van der Waals surface area contributed by atoms with E-state index in [4.69, 9.17) is 4.98 Å². The molecule has 0 N–H and O–H groups in total. The largest absolute Gasteiger partial charge is 0.341 e.